The highest BCUT2D eigenvalue weighted by Crippen LogP contribution is 2.37. The van der Waals surface area contributed by atoms with E-state index in [9.17, 15) is 18.0 Å². The Balaban J connectivity index is 1.76. The molecule has 1 aliphatic carbocycles. The Labute approximate surface area is 160 Å². The lowest BCUT2D eigenvalue weighted by Crippen LogP contribution is -2.48. The van der Waals surface area contributed by atoms with Crippen LogP contribution in [0.15, 0.2) is 24.3 Å². The topological polar surface area (TPSA) is 62.7 Å². The average Bonchev–Trinajstić information content (AvgIpc) is 2.96. The van der Waals surface area contributed by atoms with E-state index in [0.29, 0.717) is 25.1 Å². The van der Waals surface area contributed by atoms with Crippen LogP contribution in [0, 0.1) is 17.6 Å². The Kier molecular flexibility index (Phi) is 5.69. The van der Waals surface area contributed by atoms with E-state index in [0.717, 1.165) is 11.1 Å². The number of carbonyl (C=O) groups excluding carboxylic acids is 1. The minimum atomic E-state index is -4.31. The van der Waals surface area contributed by atoms with Crippen LogP contribution in [0.3, 0.4) is 0 Å². The van der Waals surface area contributed by atoms with Crippen LogP contribution in [0.1, 0.15) is 31.2 Å². The van der Waals surface area contributed by atoms with Crippen molar-refractivity contribution in [3.05, 3.63) is 34.6 Å². The Morgan fingerprint density at radius 3 is 2.63 bits per heavy atom. The number of rotatable bonds is 4. The van der Waals surface area contributed by atoms with Crippen molar-refractivity contribution in [1.29, 1.82) is 0 Å². The fourth-order valence-corrected chi connectivity index (χ4v) is 3.68. The molecule has 2 atom stereocenters. The first kappa shape index (κ1) is 19.6. The van der Waals surface area contributed by atoms with Crippen LogP contribution >= 0.6 is 12.2 Å². The predicted octanol–water partition coefficient (Wildman–Crippen LogP) is 4.15. The van der Waals surface area contributed by atoms with Gasteiger partial charge in [0.25, 0.3) is 0 Å². The van der Waals surface area contributed by atoms with Crippen LogP contribution in [-0.4, -0.2) is 32.9 Å². The van der Waals surface area contributed by atoms with Crippen LogP contribution in [0.5, 0.6) is 0 Å². The minimum absolute atomic E-state index is 0.0498. The number of hydrogen-bond donors (Lipinski definition) is 2. The molecule has 1 heterocycles. The highest BCUT2D eigenvalue weighted by molar-refractivity contribution is 7.71. The van der Waals surface area contributed by atoms with Gasteiger partial charge in [-0.25, -0.2) is 0 Å². The highest BCUT2D eigenvalue weighted by Gasteiger charge is 2.45. The van der Waals surface area contributed by atoms with Gasteiger partial charge in [-0.15, -0.1) is 0 Å². The number of carbonyl (C=O) groups is 1. The van der Waals surface area contributed by atoms with E-state index in [4.69, 9.17) is 12.2 Å². The lowest BCUT2D eigenvalue weighted by atomic mass is 9.84. The fourth-order valence-electron chi connectivity index (χ4n) is 3.48. The Hall–Kier alpha value is -2.16. The number of alkyl halides is 3. The van der Waals surface area contributed by atoms with Crippen molar-refractivity contribution < 1.29 is 18.0 Å². The van der Waals surface area contributed by atoms with Crippen molar-refractivity contribution in [2.45, 2.75) is 51.4 Å². The molecule has 3 rings (SSSR count). The number of hydrogen-bond acceptors (Lipinski definition) is 3. The summed E-state index contributed by atoms with van der Waals surface area (Å²) in [6, 6.07) is 6.64. The molecule has 0 saturated heterocycles. The van der Waals surface area contributed by atoms with Gasteiger partial charge >= 0.3 is 6.18 Å². The monoisotopic (exact) mass is 398 g/mol. The molecule has 2 N–H and O–H groups in total. The van der Waals surface area contributed by atoms with Gasteiger partial charge in [0.15, 0.2) is 10.6 Å². The Morgan fingerprint density at radius 1 is 1.30 bits per heavy atom. The van der Waals surface area contributed by atoms with E-state index in [1.165, 1.54) is 4.57 Å². The lowest BCUT2D eigenvalue weighted by Gasteiger charge is -2.33. The van der Waals surface area contributed by atoms with Gasteiger partial charge in [-0.05, 0) is 32.0 Å². The van der Waals surface area contributed by atoms with Gasteiger partial charge in [0.2, 0.25) is 5.91 Å². The van der Waals surface area contributed by atoms with Crippen molar-refractivity contribution in [3.63, 3.8) is 0 Å². The summed E-state index contributed by atoms with van der Waals surface area (Å²) in [5.74, 6) is -1.52. The largest absolute Gasteiger partial charge is 0.393 e. The summed E-state index contributed by atoms with van der Waals surface area (Å²) in [7, 11) is 0. The second kappa shape index (κ2) is 7.84. The molecule has 1 amide bonds. The standard InChI is InChI=1S/C18H21F3N4OS/c1-11-6-8-12(9-7-11)16-23-24-17(27)25(16)10-15(26)22-14-5-3-2-4-13(14)18(19,20)21/h6-9,13-14H,2-5,10H2,1H3,(H,22,26)(H,24,27). The van der Waals surface area contributed by atoms with Gasteiger partial charge in [-0.2, -0.15) is 18.3 Å². The number of nitrogens with one attached hydrogen (secondary N) is 2. The van der Waals surface area contributed by atoms with Crippen LogP contribution in [0.2, 0.25) is 0 Å². The van der Waals surface area contributed by atoms with E-state index in [1.54, 1.807) is 0 Å². The molecule has 0 aliphatic heterocycles. The fraction of sp³-hybridized carbons (Fsp3) is 0.500. The number of aromatic amines is 1. The summed E-state index contributed by atoms with van der Waals surface area (Å²) < 4.78 is 41.4. The third-order valence-electron chi connectivity index (χ3n) is 4.90. The first-order valence-electron chi connectivity index (χ1n) is 8.84. The summed E-state index contributed by atoms with van der Waals surface area (Å²) in [4.78, 5) is 12.5. The van der Waals surface area contributed by atoms with Crippen molar-refractivity contribution in [1.82, 2.24) is 20.1 Å². The van der Waals surface area contributed by atoms with E-state index in [-0.39, 0.29) is 17.7 Å². The second-order valence-electron chi connectivity index (χ2n) is 6.91. The molecule has 1 aromatic carbocycles. The molecule has 146 valence electrons. The number of halogens is 3. The van der Waals surface area contributed by atoms with E-state index in [2.05, 4.69) is 15.5 Å². The molecule has 2 aromatic rings. The Bertz CT molecular complexity index is 857. The van der Waals surface area contributed by atoms with Gasteiger partial charge in [-0.1, -0.05) is 42.7 Å². The third-order valence-corrected chi connectivity index (χ3v) is 5.21. The summed E-state index contributed by atoms with van der Waals surface area (Å²) >= 11 is 5.19. The first-order chi connectivity index (χ1) is 12.8. The molecule has 1 aromatic heterocycles. The molecule has 2 unspecified atom stereocenters. The molecular formula is C18H21F3N4OS. The number of amides is 1. The van der Waals surface area contributed by atoms with Gasteiger partial charge in [0.05, 0.1) is 5.92 Å². The van der Waals surface area contributed by atoms with Crippen molar-refractivity contribution in [2.75, 3.05) is 0 Å². The van der Waals surface area contributed by atoms with Crippen LogP contribution in [0.4, 0.5) is 13.2 Å². The summed E-state index contributed by atoms with van der Waals surface area (Å²) in [6.45, 7) is 1.77. The number of benzene rings is 1. The van der Waals surface area contributed by atoms with E-state index < -0.39 is 24.0 Å². The van der Waals surface area contributed by atoms with Crippen LogP contribution in [-0.2, 0) is 11.3 Å². The maximum atomic E-state index is 13.2. The maximum Gasteiger partial charge on any atom is 0.393 e. The smallest absolute Gasteiger partial charge is 0.351 e. The maximum absolute atomic E-state index is 13.2. The van der Waals surface area contributed by atoms with E-state index >= 15 is 0 Å². The quantitative estimate of drug-likeness (QED) is 0.761. The number of aryl methyl sites for hydroxylation is 1. The van der Waals surface area contributed by atoms with Crippen molar-refractivity contribution in [3.8, 4) is 11.4 Å². The van der Waals surface area contributed by atoms with Gasteiger partial charge in [0, 0.05) is 11.6 Å². The third kappa shape index (κ3) is 4.58. The summed E-state index contributed by atoms with van der Waals surface area (Å²) in [5, 5.41) is 9.36. The van der Waals surface area contributed by atoms with Gasteiger partial charge < -0.3 is 5.32 Å². The zero-order chi connectivity index (χ0) is 19.6. The minimum Gasteiger partial charge on any atom is -0.351 e. The Morgan fingerprint density at radius 2 is 1.96 bits per heavy atom. The second-order valence-corrected chi connectivity index (χ2v) is 7.30. The molecule has 1 fully saturated rings. The zero-order valence-corrected chi connectivity index (χ0v) is 15.7. The lowest BCUT2D eigenvalue weighted by molar-refractivity contribution is -0.189. The zero-order valence-electron chi connectivity index (χ0n) is 14.8. The molecule has 1 saturated carbocycles. The molecule has 0 spiro atoms. The predicted molar refractivity (Wildman–Crippen MR) is 97.5 cm³/mol. The number of aromatic nitrogens is 3. The molecule has 27 heavy (non-hydrogen) atoms. The molecule has 1 aliphatic rings. The number of nitrogens with zero attached hydrogens (tertiary/aromatic N) is 2. The summed E-state index contributed by atoms with van der Waals surface area (Å²) in [6.07, 6.45) is -2.72. The van der Waals surface area contributed by atoms with Crippen LogP contribution < -0.4 is 5.32 Å². The highest BCUT2D eigenvalue weighted by atomic mass is 32.1. The molecule has 0 radical (unpaired) electrons. The SMILES string of the molecule is Cc1ccc(-c2n[nH]c(=S)n2CC(=O)NC2CCCCC2C(F)(F)F)cc1. The summed E-state index contributed by atoms with van der Waals surface area (Å²) in [5.41, 5.74) is 1.85. The van der Waals surface area contributed by atoms with Crippen LogP contribution in [0.25, 0.3) is 11.4 Å². The van der Waals surface area contributed by atoms with E-state index in [1.807, 2.05) is 31.2 Å². The molecular weight excluding hydrogens is 377 g/mol. The molecule has 5 nitrogen and oxygen atoms in total. The van der Waals surface area contributed by atoms with Gasteiger partial charge in [-0.3, -0.25) is 14.5 Å². The molecule has 9 heteroatoms. The van der Waals surface area contributed by atoms with Crippen molar-refractivity contribution >= 4 is 18.1 Å². The normalized spacial score (nSPS) is 20.4. The van der Waals surface area contributed by atoms with Crippen molar-refractivity contribution in [2.24, 2.45) is 5.92 Å². The average molecular weight is 398 g/mol. The number of H-pyrrole nitrogens is 1. The first-order valence-corrected chi connectivity index (χ1v) is 9.25. The van der Waals surface area contributed by atoms with Gasteiger partial charge in [0.1, 0.15) is 6.54 Å². The molecule has 0 bridgehead atoms.